The molecule has 0 aliphatic heterocycles. The van der Waals surface area contributed by atoms with Crippen molar-refractivity contribution in [1.29, 1.82) is 0 Å². The van der Waals surface area contributed by atoms with Crippen molar-refractivity contribution in [2.24, 2.45) is 0 Å². The number of carbonyl (C=O) groups is 3. The molecule has 0 fully saturated rings. The van der Waals surface area contributed by atoms with E-state index in [9.17, 15) is 14.4 Å². The van der Waals surface area contributed by atoms with E-state index in [2.05, 4.69) is 10.6 Å². The summed E-state index contributed by atoms with van der Waals surface area (Å²) in [5.74, 6) is -0.447. The van der Waals surface area contributed by atoms with Gasteiger partial charge in [-0.15, -0.1) is 0 Å². The van der Waals surface area contributed by atoms with Gasteiger partial charge in [0.25, 0.3) is 0 Å². The highest BCUT2D eigenvalue weighted by atomic mass is 32.2. The Morgan fingerprint density at radius 1 is 1.00 bits per heavy atom. The first-order valence-electron chi connectivity index (χ1n) is 6.20. The molecule has 8 heteroatoms. The van der Waals surface area contributed by atoms with Gasteiger partial charge in [-0.2, -0.15) is 23.5 Å². The van der Waals surface area contributed by atoms with Gasteiger partial charge in [-0.05, 0) is 36.9 Å². The predicted molar refractivity (Wildman–Crippen MR) is 83.2 cm³/mol. The molecule has 0 aromatic heterocycles. The number of thioether (sulfide) groups is 2. The van der Waals surface area contributed by atoms with Gasteiger partial charge >= 0.3 is 5.97 Å². The van der Waals surface area contributed by atoms with Crippen molar-refractivity contribution in [3.05, 3.63) is 0 Å². The zero-order valence-electron chi connectivity index (χ0n) is 12.0. The second-order valence-electron chi connectivity index (χ2n) is 4.22. The lowest BCUT2D eigenvalue weighted by molar-refractivity contribution is -0.142. The summed E-state index contributed by atoms with van der Waals surface area (Å²) in [7, 11) is 0. The van der Waals surface area contributed by atoms with E-state index in [1.807, 2.05) is 12.5 Å². The Kier molecular flexibility index (Phi) is 10.4. The van der Waals surface area contributed by atoms with Crippen LogP contribution in [-0.2, 0) is 14.4 Å². The second kappa shape index (κ2) is 10.8. The molecular formula is C12H22N2O4S2. The average Bonchev–Trinajstić information content (AvgIpc) is 2.38. The third kappa shape index (κ3) is 8.31. The monoisotopic (exact) mass is 322 g/mol. The van der Waals surface area contributed by atoms with Crippen molar-refractivity contribution in [1.82, 2.24) is 10.6 Å². The zero-order valence-corrected chi connectivity index (χ0v) is 13.6. The summed E-state index contributed by atoms with van der Waals surface area (Å²) in [4.78, 5) is 34.2. The summed E-state index contributed by atoms with van der Waals surface area (Å²) >= 11 is 3.08. The van der Waals surface area contributed by atoms with E-state index in [1.54, 1.807) is 11.8 Å². The van der Waals surface area contributed by atoms with Crippen molar-refractivity contribution >= 4 is 41.3 Å². The minimum Gasteiger partial charge on any atom is -0.480 e. The Labute approximate surface area is 127 Å². The molecular weight excluding hydrogens is 300 g/mol. The fourth-order valence-electron chi connectivity index (χ4n) is 1.52. The largest absolute Gasteiger partial charge is 0.480 e. The van der Waals surface area contributed by atoms with Crippen LogP contribution in [0, 0.1) is 0 Å². The van der Waals surface area contributed by atoms with Crippen LogP contribution in [0.4, 0.5) is 0 Å². The van der Waals surface area contributed by atoms with E-state index < -0.39 is 24.0 Å². The summed E-state index contributed by atoms with van der Waals surface area (Å²) < 4.78 is 0. The molecule has 0 aliphatic carbocycles. The molecule has 0 radical (unpaired) electrons. The van der Waals surface area contributed by atoms with E-state index in [-0.39, 0.29) is 5.91 Å². The van der Waals surface area contributed by atoms with E-state index in [0.29, 0.717) is 24.3 Å². The number of rotatable bonds is 10. The number of hydrogen-bond donors (Lipinski definition) is 3. The third-order valence-corrected chi connectivity index (χ3v) is 3.82. The van der Waals surface area contributed by atoms with Crippen molar-refractivity contribution in [3.63, 3.8) is 0 Å². The van der Waals surface area contributed by atoms with Crippen LogP contribution in [0.5, 0.6) is 0 Å². The maximum absolute atomic E-state index is 12.1. The fourth-order valence-corrected chi connectivity index (χ4v) is 2.46. The number of amides is 2. The summed E-state index contributed by atoms with van der Waals surface area (Å²) in [6.07, 6.45) is 4.61. The Balaban J connectivity index is 4.59. The van der Waals surface area contributed by atoms with Crippen LogP contribution in [0.3, 0.4) is 0 Å². The fraction of sp³-hybridized carbons (Fsp3) is 0.750. The van der Waals surface area contributed by atoms with Gasteiger partial charge in [0.2, 0.25) is 11.8 Å². The SMILES string of the molecule is CSCC[C@H](NC(C)=O)C(=O)N[C@H](CCSC)C(=O)O. The zero-order chi connectivity index (χ0) is 15.5. The topological polar surface area (TPSA) is 95.5 Å². The first-order valence-corrected chi connectivity index (χ1v) is 8.99. The van der Waals surface area contributed by atoms with Crippen LogP contribution < -0.4 is 10.6 Å². The lowest BCUT2D eigenvalue weighted by atomic mass is 10.1. The molecule has 6 nitrogen and oxygen atoms in total. The highest BCUT2D eigenvalue weighted by Crippen LogP contribution is 2.04. The molecule has 116 valence electrons. The maximum atomic E-state index is 12.1. The number of carboxylic acid groups (broad SMARTS) is 1. The summed E-state index contributed by atoms with van der Waals surface area (Å²) in [6, 6.07) is -1.60. The second-order valence-corrected chi connectivity index (χ2v) is 6.19. The number of carboxylic acids is 1. The number of nitrogens with one attached hydrogen (secondary N) is 2. The standard InChI is InChI=1S/C12H22N2O4S2/c1-8(15)13-9(4-6-19-2)11(16)14-10(12(17)18)5-7-20-3/h9-10H,4-7H2,1-3H3,(H,13,15)(H,14,16)(H,17,18)/t9-,10+/m0/s1. The van der Waals surface area contributed by atoms with Crippen molar-refractivity contribution in [2.75, 3.05) is 24.0 Å². The molecule has 0 aliphatic rings. The molecule has 0 aromatic carbocycles. The van der Waals surface area contributed by atoms with E-state index in [1.165, 1.54) is 18.7 Å². The molecule has 0 unspecified atom stereocenters. The van der Waals surface area contributed by atoms with Crippen LogP contribution in [0.1, 0.15) is 19.8 Å². The van der Waals surface area contributed by atoms with Crippen LogP contribution in [0.2, 0.25) is 0 Å². The molecule has 0 bridgehead atoms. The average molecular weight is 322 g/mol. The summed E-state index contributed by atoms with van der Waals surface area (Å²) in [5, 5.41) is 14.1. The van der Waals surface area contributed by atoms with E-state index in [4.69, 9.17) is 5.11 Å². The van der Waals surface area contributed by atoms with E-state index in [0.717, 1.165) is 0 Å². The van der Waals surface area contributed by atoms with Crippen molar-refractivity contribution in [3.8, 4) is 0 Å². The van der Waals surface area contributed by atoms with Crippen molar-refractivity contribution < 1.29 is 19.5 Å². The quantitative estimate of drug-likeness (QED) is 0.544. The molecule has 0 heterocycles. The maximum Gasteiger partial charge on any atom is 0.326 e. The van der Waals surface area contributed by atoms with Crippen LogP contribution in [0.15, 0.2) is 0 Å². The lowest BCUT2D eigenvalue weighted by Gasteiger charge is -2.20. The van der Waals surface area contributed by atoms with Gasteiger partial charge in [0.1, 0.15) is 12.1 Å². The van der Waals surface area contributed by atoms with Gasteiger partial charge in [0.15, 0.2) is 0 Å². The highest BCUT2D eigenvalue weighted by Gasteiger charge is 2.25. The first kappa shape index (κ1) is 19.1. The molecule has 0 saturated carbocycles. The third-order valence-electron chi connectivity index (χ3n) is 2.53. The molecule has 2 amide bonds. The van der Waals surface area contributed by atoms with Gasteiger partial charge < -0.3 is 15.7 Å². The molecule has 0 saturated heterocycles. The van der Waals surface area contributed by atoms with Gasteiger partial charge in [-0.1, -0.05) is 0 Å². The van der Waals surface area contributed by atoms with Gasteiger partial charge in [-0.3, -0.25) is 9.59 Å². The molecule has 3 N–H and O–H groups in total. The smallest absolute Gasteiger partial charge is 0.326 e. The van der Waals surface area contributed by atoms with Crippen LogP contribution in [-0.4, -0.2) is 59.0 Å². The number of aliphatic carboxylic acids is 1. The first-order chi connectivity index (χ1) is 9.42. The minimum atomic E-state index is -1.06. The predicted octanol–water partition coefficient (Wildman–Crippen LogP) is 0.567. The number of hydrogen-bond acceptors (Lipinski definition) is 5. The minimum absolute atomic E-state index is 0.303. The van der Waals surface area contributed by atoms with E-state index >= 15 is 0 Å². The molecule has 0 aromatic rings. The molecule has 20 heavy (non-hydrogen) atoms. The Hall–Kier alpha value is -0.890. The van der Waals surface area contributed by atoms with Crippen LogP contribution >= 0.6 is 23.5 Å². The Morgan fingerprint density at radius 2 is 1.50 bits per heavy atom. The summed E-state index contributed by atoms with van der Waals surface area (Å²) in [5.41, 5.74) is 0. The summed E-state index contributed by atoms with van der Waals surface area (Å²) in [6.45, 7) is 1.34. The number of carbonyl (C=O) groups excluding carboxylic acids is 2. The Bertz CT molecular complexity index is 339. The highest BCUT2D eigenvalue weighted by molar-refractivity contribution is 7.98. The molecule has 2 atom stereocenters. The van der Waals surface area contributed by atoms with Gasteiger partial charge in [0.05, 0.1) is 0 Å². The molecule has 0 spiro atoms. The normalized spacial score (nSPS) is 13.3. The van der Waals surface area contributed by atoms with Crippen LogP contribution in [0.25, 0.3) is 0 Å². The van der Waals surface area contributed by atoms with Gasteiger partial charge in [0, 0.05) is 6.92 Å². The molecule has 0 rings (SSSR count). The van der Waals surface area contributed by atoms with Gasteiger partial charge in [-0.25, -0.2) is 4.79 Å². The van der Waals surface area contributed by atoms with Crippen molar-refractivity contribution in [2.45, 2.75) is 31.8 Å². The lowest BCUT2D eigenvalue weighted by Crippen LogP contribution is -2.51. The Morgan fingerprint density at radius 3 is 1.90 bits per heavy atom.